The third-order valence-electron chi connectivity index (χ3n) is 3.04. The monoisotopic (exact) mass is 369 g/mol. The lowest BCUT2D eigenvalue weighted by Crippen LogP contribution is -2.52. The van der Waals surface area contributed by atoms with Gasteiger partial charge in [-0.15, -0.1) is 0 Å². The summed E-state index contributed by atoms with van der Waals surface area (Å²) in [7, 11) is 0. The maximum absolute atomic E-state index is 12.0. The van der Waals surface area contributed by atoms with Gasteiger partial charge in [-0.25, -0.2) is 9.59 Å². The molecule has 14 nitrogen and oxygen atoms in total. The number of amides is 3. The van der Waals surface area contributed by atoms with Crippen LogP contribution >= 0.6 is 0 Å². The first-order chi connectivity index (χ1) is 12.3. The van der Waals surface area contributed by atoms with E-state index in [-0.39, 0.29) is 17.6 Å². The smallest absolute Gasteiger partial charge is 0.328 e. The molecule has 2 heterocycles. The number of nitrogens with zero attached hydrogens (tertiary/aromatic N) is 4. The minimum absolute atomic E-state index is 0.0534. The van der Waals surface area contributed by atoms with E-state index in [1.54, 1.807) is 0 Å². The molecule has 6 N–H and O–H groups in total. The Kier molecular flexibility index (Phi) is 5.79. The molecule has 0 bridgehead atoms. The van der Waals surface area contributed by atoms with E-state index < -0.39 is 42.5 Å². The van der Waals surface area contributed by atoms with E-state index in [0.29, 0.717) is 0 Å². The standard InChI is InChI=1S/C12H15N7O7/c1-4(20)7(11(22)23)17-12(24)16-5(2-6(13)21)9-18-8(19-26-9)10-14-3-15-25-10/h3-5,7,20H,2H2,1H3,(H2,13,21)(H,22,23)(H2,16,17,24)/t4?,5-,7-/m0/s1. The van der Waals surface area contributed by atoms with E-state index in [1.807, 2.05) is 5.32 Å². The number of carbonyl (C=O) groups excluding carboxylic acids is 2. The molecule has 26 heavy (non-hydrogen) atoms. The summed E-state index contributed by atoms with van der Waals surface area (Å²) in [5.41, 5.74) is 5.13. The molecule has 0 aliphatic carbocycles. The van der Waals surface area contributed by atoms with E-state index in [0.717, 1.165) is 6.33 Å². The number of aliphatic hydroxyl groups is 1. The van der Waals surface area contributed by atoms with Crippen molar-refractivity contribution >= 4 is 17.9 Å². The van der Waals surface area contributed by atoms with Gasteiger partial charge in [0.1, 0.15) is 6.04 Å². The van der Waals surface area contributed by atoms with Gasteiger partial charge >= 0.3 is 12.0 Å². The molecule has 14 heteroatoms. The molecule has 0 fully saturated rings. The normalized spacial score (nSPS) is 14.2. The number of aromatic nitrogens is 4. The molecular formula is C12H15N7O7. The van der Waals surface area contributed by atoms with Crippen LogP contribution in [0.3, 0.4) is 0 Å². The predicted molar refractivity (Wildman–Crippen MR) is 78.9 cm³/mol. The van der Waals surface area contributed by atoms with Gasteiger partial charge < -0.3 is 35.6 Å². The highest BCUT2D eigenvalue weighted by molar-refractivity contribution is 5.83. The quantitative estimate of drug-likeness (QED) is 0.348. The number of hydrogen-bond acceptors (Lipinski definition) is 10. The fourth-order valence-corrected chi connectivity index (χ4v) is 1.87. The SMILES string of the molecule is CC(O)[C@H](NC(=O)N[C@@H](CC(N)=O)c1nc(-c2ncno2)no1)C(=O)O. The molecule has 0 aliphatic heterocycles. The van der Waals surface area contributed by atoms with Gasteiger partial charge in [0.15, 0.2) is 12.4 Å². The molecule has 0 saturated heterocycles. The first-order valence-corrected chi connectivity index (χ1v) is 7.14. The fourth-order valence-electron chi connectivity index (χ4n) is 1.87. The van der Waals surface area contributed by atoms with Gasteiger partial charge in [-0.3, -0.25) is 4.79 Å². The van der Waals surface area contributed by atoms with Crippen molar-refractivity contribution in [3.05, 3.63) is 12.2 Å². The van der Waals surface area contributed by atoms with E-state index in [9.17, 15) is 19.5 Å². The summed E-state index contributed by atoms with van der Waals surface area (Å²) in [6.45, 7) is 1.19. The van der Waals surface area contributed by atoms with E-state index >= 15 is 0 Å². The lowest BCUT2D eigenvalue weighted by atomic mass is 10.2. The van der Waals surface area contributed by atoms with E-state index in [1.165, 1.54) is 6.92 Å². The maximum atomic E-state index is 12.0. The number of aliphatic hydroxyl groups excluding tert-OH is 1. The first-order valence-electron chi connectivity index (χ1n) is 7.14. The number of carbonyl (C=O) groups is 3. The Morgan fingerprint density at radius 2 is 2.04 bits per heavy atom. The van der Waals surface area contributed by atoms with Crippen molar-refractivity contribution in [2.75, 3.05) is 0 Å². The van der Waals surface area contributed by atoms with Gasteiger partial charge in [0.05, 0.1) is 12.5 Å². The number of urea groups is 1. The van der Waals surface area contributed by atoms with Gasteiger partial charge in [0.2, 0.25) is 11.8 Å². The average molecular weight is 369 g/mol. The van der Waals surface area contributed by atoms with E-state index in [4.69, 9.17) is 19.9 Å². The van der Waals surface area contributed by atoms with Gasteiger partial charge in [-0.2, -0.15) is 9.97 Å². The van der Waals surface area contributed by atoms with Crippen LogP contribution in [0.2, 0.25) is 0 Å². The highest BCUT2D eigenvalue weighted by Crippen LogP contribution is 2.18. The van der Waals surface area contributed by atoms with Crippen molar-refractivity contribution < 1.29 is 33.6 Å². The largest absolute Gasteiger partial charge is 0.480 e. The van der Waals surface area contributed by atoms with Crippen LogP contribution in [0.1, 0.15) is 25.3 Å². The van der Waals surface area contributed by atoms with Crippen LogP contribution in [0, 0.1) is 0 Å². The van der Waals surface area contributed by atoms with Gasteiger partial charge in [0, 0.05) is 0 Å². The van der Waals surface area contributed by atoms with Gasteiger partial charge in [-0.1, -0.05) is 10.3 Å². The third kappa shape index (κ3) is 4.73. The number of carboxylic acid groups (broad SMARTS) is 1. The lowest BCUT2D eigenvalue weighted by Gasteiger charge is -2.19. The number of primary amides is 1. The molecule has 0 radical (unpaired) electrons. The lowest BCUT2D eigenvalue weighted by molar-refractivity contribution is -0.141. The Morgan fingerprint density at radius 1 is 1.31 bits per heavy atom. The number of rotatable bonds is 8. The first kappa shape index (κ1) is 18.8. The number of carboxylic acids is 1. The predicted octanol–water partition coefficient (Wildman–Crippen LogP) is -1.83. The molecule has 2 rings (SSSR count). The van der Waals surface area contributed by atoms with Crippen molar-refractivity contribution in [2.45, 2.75) is 31.5 Å². The number of aliphatic carboxylic acids is 1. The van der Waals surface area contributed by atoms with Crippen LogP contribution in [0.5, 0.6) is 0 Å². The minimum Gasteiger partial charge on any atom is -0.480 e. The molecule has 2 aromatic heterocycles. The number of nitrogens with two attached hydrogens (primary N) is 1. The zero-order chi connectivity index (χ0) is 19.3. The second-order valence-corrected chi connectivity index (χ2v) is 5.10. The molecule has 0 spiro atoms. The van der Waals surface area contributed by atoms with E-state index in [2.05, 4.69) is 25.6 Å². The summed E-state index contributed by atoms with van der Waals surface area (Å²) in [4.78, 5) is 41.8. The van der Waals surface area contributed by atoms with Crippen molar-refractivity contribution in [2.24, 2.45) is 5.73 Å². The molecular weight excluding hydrogens is 354 g/mol. The van der Waals surface area contributed by atoms with Gasteiger partial charge in [-0.05, 0) is 6.92 Å². The molecule has 3 atom stereocenters. The average Bonchev–Trinajstić information content (AvgIpc) is 3.21. The van der Waals surface area contributed by atoms with Crippen LogP contribution in [0.15, 0.2) is 15.4 Å². The van der Waals surface area contributed by atoms with Crippen LogP contribution in [-0.4, -0.2) is 60.5 Å². The van der Waals surface area contributed by atoms with Crippen molar-refractivity contribution in [1.29, 1.82) is 0 Å². The number of hydrogen-bond donors (Lipinski definition) is 5. The van der Waals surface area contributed by atoms with Crippen molar-refractivity contribution in [3.8, 4) is 11.7 Å². The molecule has 0 saturated carbocycles. The maximum Gasteiger partial charge on any atom is 0.328 e. The second kappa shape index (κ2) is 8.02. The molecule has 3 amide bonds. The van der Waals surface area contributed by atoms with Crippen LogP contribution in [0.4, 0.5) is 4.79 Å². The summed E-state index contributed by atoms with van der Waals surface area (Å²) in [5, 5.41) is 29.6. The molecule has 0 aliphatic rings. The Balaban J connectivity index is 2.13. The van der Waals surface area contributed by atoms with Crippen LogP contribution in [0.25, 0.3) is 11.7 Å². The minimum atomic E-state index is -1.57. The summed E-state index contributed by atoms with van der Waals surface area (Å²) < 4.78 is 9.70. The Labute approximate surface area is 144 Å². The summed E-state index contributed by atoms with van der Waals surface area (Å²) in [5.74, 6) is -2.57. The van der Waals surface area contributed by atoms with Crippen molar-refractivity contribution in [3.63, 3.8) is 0 Å². The second-order valence-electron chi connectivity index (χ2n) is 5.10. The van der Waals surface area contributed by atoms with Crippen LogP contribution < -0.4 is 16.4 Å². The Bertz CT molecular complexity index is 773. The molecule has 1 unspecified atom stereocenters. The topological polar surface area (TPSA) is 220 Å². The van der Waals surface area contributed by atoms with Crippen molar-refractivity contribution in [1.82, 2.24) is 30.9 Å². The fraction of sp³-hybridized carbons (Fsp3) is 0.417. The molecule has 0 aromatic carbocycles. The summed E-state index contributed by atoms with van der Waals surface area (Å²) in [6.07, 6.45) is -0.661. The third-order valence-corrected chi connectivity index (χ3v) is 3.04. The zero-order valence-corrected chi connectivity index (χ0v) is 13.3. The Hall–Kier alpha value is -3.55. The highest BCUT2D eigenvalue weighted by atomic mass is 16.5. The Morgan fingerprint density at radius 3 is 2.58 bits per heavy atom. The van der Waals surface area contributed by atoms with Crippen LogP contribution in [-0.2, 0) is 9.59 Å². The van der Waals surface area contributed by atoms with Gasteiger partial charge in [0.25, 0.3) is 11.7 Å². The highest BCUT2D eigenvalue weighted by Gasteiger charge is 2.29. The summed E-state index contributed by atoms with van der Waals surface area (Å²) >= 11 is 0. The summed E-state index contributed by atoms with van der Waals surface area (Å²) in [6, 6.07) is -3.72. The molecule has 2 aromatic rings. The number of nitrogens with one attached hydrogen (secondary N) is 2. The zero-order valence-electron chi connectivity index (χ0n) is 13.3. The molecule has 140 valence electrons.